The number of hydrogen-bond acceptors (Lipinski definition) is 5. The summed E-state index contributed by atoms with van der Waals surface area (Å²) in [6, 6.07) is 48.1. The zero-order valence-corrected chi connectivity index (χ0v) is 27.5. The summed E-state index contributed by atoms with van der Waals surface area (Å²) in [4.78, 5) is 37.1. The van der Waals surface area contributed by atoms with Gasteiger partial charge in [0.05, 0.1) is 34.6 Å². The van der Waals surface area contributed by atoms with Crippen LogP contribution in [0.1, 0.15) is 38.9 Å². The minimum Gasteiger partial charge on any atom is -0.338 e. The van der Waals surface area contributed by atoms with Crippen LogP contribution in [-0.2, 0) is 16.8 Å². The number of nitrogens with zero attached hydrogens (tertiary/aromatic N) is 4. The maximum absolute atomic E-state index is 13.5. The normalized spacial score (nSPS) is 12.0. The first-order valence-corrected chi connectivity index (χ1v) is 16.7. The van der Waals surface area contributed by atoms with Gasteiger partial charge in [-0.15, -0.1) is 0 Å². The molecule has 0 aliphatic rings. The summed E-state index contributed by atoms with van der Waals surface area (Å²) in [7, 11) is 0. The van der Waals surface area contributed by atoms with E-state index in [9.17, 15) is 9.59 Å². The van der Waals surface area contributed by atoms with Gasteiger partial charge in [0.25, 0.3) is 5.91 Å². The van der Waals surface area contributed by atoms with Crippen molar-refractivity contribution >= 4 is 33.8 Å². The highest BCUT2D eigenvalue weighted by Crippen LogP contribution is 2.42. The van der Waals surface area contributed by atoms with Crippen LogP contribution in [0.15, 0.2) is 164 Å². The predicted molar refractivity (Wildman–Crippen MR) is 199 cm³/mol. The van der Waals surface area contributed by atoms with Crippen LogP contribution in [0, 0.1) is 0 Å². The van der Waals surface area contributed by atoms with E-state index in [2.05, 4.69) is 92.8 Å². The Bertz CT molecular complexity index is 2390. The molecule has 246 valence electrons. The second-order valence-electron chi connectivity index (χ2n) is 12.4. The van der Waals surface area contributed by atoms with Crippen LogP contribution < -0.4 is 5.32 Å². The molecule has 51 heavy (non-hydrogen) atoms. The van der Waals surface area contributed by atoms with Crippen LogP contribution in [0.25, 0.3) is 33.2 Å². The number of imidazole rings is 1. The van der Waals surface area contributed by atoms with Crippen molar-refractivity contribution in [2.24, 2.45) is 0 Å². The van der Waals surface area contributed by atoms with Crippen molar-refractivity contribution < 1.29 is 9.59 Å². The number of rotatable bonds is 10. The molecule has 8 rings (SSSR count). The second kappa shape index (κ2) is 13.6. The molecule has 8 aromatic rings. The largest absolute Gasteiger partial charge is 0.338 e. The maximum atomic E-state index is 13.5. The van der Waals surface area contributed by atoms with Crippen molar-refractivity contribution in [1.82, 2.24) is 30.0 Å². The Hall–Kier alpha value is -6.89. The van der Waals surface area contributed by atoms with Crippen LogP contribution >= 0.6 is 0 Å². The molecule has 0 saturated heterocycles. The minimum absolute atomic E-state index is 0.134. The Morgan fingerprint density at radius 1 is 0.784 bits per heavy atom. The summed E-state index contributed by atoms with van der Waals surface area (Å²) in [6.07, 6.45) is 4.81. The SMILES string of the molecule is O=C=CC(NC(=O)c1nc2cc3c(-c4ccncc4)nn(CC(c4ccccc4)(c4ccccc4)c4ccccc4)c3cc2[nH]1)c1ccccc1. The number of carbonyl (C=O) groups excluding carboxylic acids is 2. The lowest BCUT2D eigenvalue weighted by atomic mass is 9.69. The Kier molecular flexibility index (Phi) is 8.34. The van der Waals surface area contributed by atoms with Crippen LogP contribution in [0.3, 0.4) is 0 Å². The van der Waals surface area contributed by atoms with Crippen LogP contribution in [0.4, 0.5) is 0 Å². The van der Waals surface area contributed by atoms with Crippen molar-refractivity contribution in [3.63, 3.8) is 0 Å². The Morgan fingerprint density at radius 2 is 1.35 bits per heavy atom. The fraction of sp³-hybridized carbons (Fsp3) is 0.0698. The van der Waals surface area contributed by atoms with Crippen molar-refractivity contribution in [3.05, 3.63) is 192 Å². The first-order chi connectivity index (χ1) is 25.1. The molecule has 0 radical (unpaired) electrons. The van der Waals surface area contributed by atoms with Crippen molar-refractivity contribution in [2.45, 2.75) is 18.0 Å². The van der Waals surface area contributed by atoms with Gasteiger partial charge in [-0.2, -0.15) is 5.10 Å². The topological polar surface area (TPSA) is 106 Å². The number of H-pyrrole nitrogens is 1. The highest BCUT2D eigenvalue weighted by molar-refractivity contribution is 6.03. The summed E-state index contributed by atoms with van der Waals surface area (Å²) < 4.78 is 2.07. The number of fused-ring (bicyclic) bond motifs is 2. The smallest absolute Gasteiger partial charge is 0.287 e. The summed E-state index contributed by atoms with van der Waals surface area (Å²) in [5.74, 6) is 1.51. The van der Waals surface area contributed by atoms with Crippen molar-refractivity contribution in [1.29, 1.82) is 0 Å². The molecule has 1 atom stereocenters. The zero-order chi connectivity index (χ0) is 34.6. The van der Waals surface area contributed by atoms with Crippen molar-refractivity contribution in [2.75, 3.05) is 0 Å². The molecule has 0 saturated carbocycles. The Balaban J connectivity index is 1.30. The lowest BCUT2D eigenvalue weighted by molar-refractivity contribution is 0.0935. The number of pyridine rings is 1. The highest BCUT2D eigenvalue weighted by atomic mass is 16.2. The van der Waals surface area contributed by atoms with Gasteiger partial charge in [0.15, 0.2) is 5.82 Å². The summed E-state index contributed by atoms with van der Waals surface area (Å²) in [5.41, 5.74) is 7.43. The van der Waals surface area contributed by atoms with E-state index >= 15 is 0 Å². The molecule has 0 aliphatic heterocycles. The molecule has 1 amide bonds. The molecule has 1 unspecified atom stereocenters. The van der Waals surface area contributed by atoms with Crippen LogP contribution in [-0.4, -0.2) is 36.6 Å². The van der Waals surface area contributed by atoms with Crippen molar-refractivity contribution in [3.8, 4) is 11.3 Å². The standard InChI is InChI=1S/C43H32N6O2/c50-26-23-36(30-13-5-1-6-14-30)47-42(51)41-45-37-27-35-39(28-38(37)46-41)49(48-40(35)31-21-24-44-25-22-31)29-43(32-15-7-2-8-16-32,33-17-9-3-10-18-33)34-19-11-4-12-20-34/h1-25,27-28,36H,29H2,(H,45,46)(H,47,51). The van der Waals surface area contributed by atoms with Gasteiger partial charge in [0, 0.05) is 29.4 Å². The van der Waals surface area contributed by atoms with E-state index in [1.54, 1.807) is 12.4 Å². The number of hydrogen-bond donors (Lipinski definition) is 2. The summed E-state index contributed by atoms with van der Waals surface area (Å²) in [6.45, 7) is 0.483. The van der Waals surface area contributed by atoms with Gasteiger partial charge >= 0.3 is 0 Å². The molecule has 0 fully saturated rings. The van der Waals surface area contributed by atoms with Gasteiger partial charge in [0.2, 0.25) is 0 Å². The molecule has 8 nitrogen and oxygen atoms in total. The molecular weight excluding hydrogens is 633 g/mol. The zero-order valence-electron chi connectivity index (χ0n) is 27.5. The lowest BCUT2D eigenvalue weighted by Crippen LogP contribution is -2.35. The molecule has 3 heterocycles. The van der Waals surface area contributed by atoms with E-state index < -0.39 is 17.4 Å². The van der Waals surface area contributed by atoms with E-state index in [0.717, 1.165) is 44.4 Å². The van der Waals surface area contributed by atoms with Gasteiger partial charge in [-0.3, -0.25) is 14.5 Å². The molecule has 5 aromatic carbocycles. The first-order valence-electron chi connectivity index (χ1n) is 16.7. The molecular formula is C43H32N6O2. The molecule has 2 N–H and O–H groups in total. The molecule has 0 aliphatic carbocycles. The third-order valence-corrected chi connectivity index (χ3v) is 9.39. The van der Waals surface area contributed by atoms with E-state index in [4.69, 9.17) is 10.1 Å². The number of nitrogens with one attached hydrogen (secondary N) is 2. The molecule has 8 heteroatoms. The van der Waals surface area contributed by atoms with Gasteiger partial charge in [-0.25, -0.2) is 9.78 Å². The first kappa shape index (κ1) is 31.4. The number of benzene rings is 5. The molecule has 0 bridgehead atoms. The van der Waals surface area contributed by atoms with Gasteiger partial charge in [0.1, 0.15) is 11.6 Å². The average Bonchev–Trinajstić information content (AvgIpc) is 3.78. The van der Waals surface area contributed by atoms with E-state index in [1.165, 1.54) is 6.08 Å². The third-order valence-electron chi connectivity index (χ3n) is 9.39. The fourth-order valence-corrected chi connectivity index (χ4v) is 6.95. The monoisotopic (exact) mass is 664 g/mol. The Labute approximate surface area is 294 Å². The average molecular weight is 665 g/mol. The minimum atomic E-state index is -0.655. The van der Waals surface area contributed by atoms with E-state index in [0.29, 0.717) is 17.6 Å². The van der Waals surface area contributed by atoms with E-state index in [-0.39, 0.29) is 5.82 Å². The summed E-state index contributed by atoms with van der Waals surface area (Å²) in [5, 5.41) is 9.10. The Morgan fingerprint density at radius 3 is 1.92 bits per heavy atom. The maximum Gasteiger partial charge on any atom is 0.287 e. The second-order valence-corrected chi connectivity index (χ2v) is 12.4. The van der Waals surface area contributed by atoms with Gasteiger partial charge in [-0.1, -0.05) is 121 Å². The van der Waals surface area contributed by atoms with Crippen LogP contribution in [0.5, 0.6) is 0 Å². The number of carbonyl (C=O) groups is 1. The number of aromatic amines is 1. The number of aromatic nitrogens is 5. The highest BCUT2D eigenvalue weighted by Gasteiger charge is 2.38. The third kappa shape index (κ3) is 5.90. The summed E-state index contributed by atoms with van der Waals surface area (Å²) >= 11 is 0. The fourth-order valence-electron chi connectivity index (χ4n) is 6.95. The van der Waals surface area contributed by atoms with Gasteiger partial charge in [-0.05, 0) is 46.5 Å². The quantitative estimate of drug-likeness (QED) is 0.114. The van der Waals surface area contributed by atoms with E-state index in [1.807, 2.05) is 78.7 Å². The predicted octanol–water partition coefficient (Wildman–Crippen LogP) is 7.87. The molecule has 3 aromatic heterocycles. The molecule has 0 spiro atoms. The van der Waals surface area contributed by atoms with Gasteiger partial charge < -0.3 is 10.3 Å². The lowest BCUT2D eigenvalue weighted by Gasteiger charge is -2.36. The van der Waals surface area contributed by atoms with Crippen LogP contribution in [0.2, 0.25) is 0 Å². The number of amides is 1.